The number of amides is 1. The number of benzene rings is 1. The van der Waals surface area contributed by atoms with Crippen LogP contribution in [0.25, 0.3) is 0 Å². The van der Waals surface area contributed by atoms with Gasteiger partial charge in [-0.2, -0.15) is 0 Å². The molecular formula is C16H22N2O. The lowest BCUT2D eigenvalue weighted by molar-refractivity contribution is -0.129. The van der Waals surface area contributed by atoms with Gasteiger partial charge in [0.25, 0.3) is 0 Å². The van der Waals surface area contributed by atoms with Crippen molar-refractivity contribution >= 4 is 5.91 Å². The van der Waals surface area contributed by atoms with Gasteiger partial charge in [0.05, 0.1) is 6.54 Å². The lowest BCUT2D eigenvalue weighted by Crippen LogP contribution is -2.36. The molecule has 0 aliphatic carbocycles. The molecule has 0 saturated carbocycles. The molecule has 0 heterocycles. The third-order valence-corrected chi connectivity index (χ3v) is 3.28. The molecule has 0 aliphatic heterocycles. The van der Waals surface area contributed by atoms with Crippen molar-refractivity contribution in [1.29, 1.82) is 0 Å². The van der Waals surface area contributed by atoms with Crippen LogP contribution in [0.4, 0.5) is 0 Å². The van der Waals surface area contributed by atoms with E-state index in [1.165, 1.54) is 0 Å². The van der Waals surface area contributed by atoms with E-state index in [4.69, 9.17) is 5.73 Å². The van der Waals surface area contributed by atoms with E-state index >= 15 is 0 Å². The lowest BCUT2D eigenvalue weighted by Gasteiger charge is -2.21. The van der Waals surface area contributed by atoms with E-state index in [1.807, 2.05) is 45.0 Å². The molecule has 1 rings (SSSR count). The molecule has 102 valence electrons. The molecule has 0 radical (unpaired) electrons. The van der Waals surface area contributed by atoms with Gasteiger partial charge < -0.3 is 11.1 Å². The van der Waals surface area contributed by atoms with Gasteiger partial charge in [-0.1, -0.05) is 50.8 Å². The highest BCUT2D eigenvalue weighted by molar-refractivity contribution is 5.81. The number of nitrogens with two attached hydrogens (primary N) is 1. The second kappa shape index (κ2) is 6.96. The zero-order valence-electron chi connectivity index (χ0n) is 11.9. The molecule has 0 spiro atoms. The first kappa shape index (κ1) is 15.3. The maximum Gasteiger partial charge on any atom is 0.225 e. The molecule has 1 aromatic carbocycles. The fourth-order valence-electron chi connectivity index (χ4n) is 1.52. The van der Waals surface area contributed by atoms with Crippen LogP contribution in [0.1, 0.15) is 38.3 Å². The zero-order chi connectivity index (χ0) is 14.3. The summed E-state index contributed by atoms with van der Waals surface area (Å²) >= 11 is 0. The first-order valence-electron chi connectivity index (χ1n) is 6.56. The Bertz CT molecular complexity index is 495. The Balaban J connectivity index is 2.76. The van der Waals surface area contributed by atoms with Crippen LogP contribution in [-0.4, -0.2) is 12.5 Å². The SMILES string of the molecule is CCC(C)(C)C(=O)NCc1ccccc1C#CCN. The number of hydrogen-bond donors (Lipinski definition) is 2. The summed E-state index contributed by atoms with van der Waals surface area (Å²) in [5.74, 6) is 5.93. The van der Waals surface area contributed by atoms with Gasteiger partial charge in [0, 0.05) is 17.5 Å². The first-order chi connectivity index (χ1) is 9.01. The summed E-state index contributed by atoms with van der Waals surface area (Å²) in [7, 11) is 0. The Morgan fingerprint density at radius 1 is 1.37 bits per heavy atom. The highest BCUT2D eigenvalue weighted by atomic mass is 16.2. The van der Waals surface area contributed by atoms with Crippen molar-refractivity contribution in [1.82, 2.24) is 5.32 Å². The van der Waals surface area contributed by atoms with Gasteiger partial charge in [-0.25, -0.2) is 0 Å². The first-order valence-corrected chi connectivity index (χ1v) is 6.56. The van der Waals surface area contributed by atoms with Crippen LogP contribution < -0.4 is 11.1 Å². The molecule has 3 N–H and O–H groups in total. The molecule has 1 amide bonds. The van der Waals surface area contributed by atoms with E-state index in [9.17, 15) is 4.79 Å². The summed E-state index contributed by atoms with van der Waals surface area (Å²) in [6.07, 6.45) is 0.813. The second-order valence-electron chi connectivity index (χ2n) is 5.08. The van der Waals surface area contributed by atoms with E-state index in [1.54, 1.807) is 0 Å². The van der Waals surface area contributed by atoms with Crippen molar-refractivity contribution in [2.75, 3.05) is 6.54 Å². The van der Waals surface area contributed by atoms with Crippen LogP contribution in [0, 0.1) is 17.3 Å². The molecule has 3 heteroatoms. The number of carbonyl (C=O) groups is 1. The van der Waals surface area contributed by atoms with Crippen molar-refractivity contribution in [2.24, 2.45) is 11.1 Å². The van der Waals surface area contributed by atoms with E-state index in [2.05, 4.69) is 17.2 Å². The van der Waals surface area contributed by atoms with Crippen molar-refractivity contribution in [3.8, 4) is 11.8 Å². The highest BCUT2D eigenvalue weighted by Gasteiger charge is 2.24. The minimum Gasteiger partial charge on any atom is -0.352 e. The van der Waals surface area contributed by atoms with Crippen LogP contribution >= 0.6 is 0 Å². The zero-order valence-corrected chi connectivity index (χ0v) is 11.9. The predicted octanol–water partition coefficient (Wildman–Crippen LogP) is 2.05. The Kier molecular flexibility index (Phi) is 5.59. The highest BCUT2D eigenvalue weighted by Crippen LogP contribution is 2.19. The largest absolute Gasteiger partial charge is 0.352 e. The molecular weight excluding hydrogens is 236 g/mol. The van der Waals surface area contributed by atoms with Gasteiger partial charge in [0.1, 0.15) is 0 Å². The molecule has 0 fully saturated rings. The van der Waals surface area contributed by atoms with Crippen LogP contribution in [0.3, 0.4) is 0 Å². The summed E-state index contributed by atoms with van der Waals surface area (Å²) in [6.45, 7) is 6.74. The number of rotatable bonds is 4. The lowest BCUT2D eigenvalue weighted by atomic mass is 9.89. The van der Waals surface area contributed by atoms with Gasteiger partial charge in [-0.05, 0) is 18.1 Å². The van der Waals surface area contributed by atoms with Crippen LogP contribution in [-0.2, 0) is 11.3 Å². The summed E-state index contributed by atoms with van der Waals surface area (Å²) in [6, 6.07) is 7.79. The fraction of sp³-hybridized carbons (Fsp3) is 0.438. The predicted molar refractivity (Wildman–Crippen MR) is 78.3 cm³/mol. The third kappa shape index (κ3) is 4.42. The van der Waals surface area contributed by atoms with Gasteiger partial charge in [-0.3, -0.25) is 4.79 Å². The fourth-order valence-corrected chi connectivity index (χ4v) is 1.52. The molecule has 3 nitrogen and oxygen atoms in total. The average molecular weight is 258 g/mol. The normalized spacial score (nSPS) is 10.5. The average Bonchev–Trinajstić information content (AvgIpc) is 2.43. The minimum absolute atomic E-state index is 0.0663. The summed E-state index contributed by atoms with van der Waals surface area (Å²) < 4.78 is 0. The molecule has 0 atom stereocenters. The van der Waals surface area contributed by atoms with E-state index in [-0.39, 0.29) is 11.3 Å². The van der Waals surface area contributed by atoms with E-state index in [0.29, 0.717) is 13.1 Å². The molecule has 0 unspecified atom stereocenters. The Hall–Kier alpha value is -1.79. The Labute approximate surface area is 115 Å². The summed E-state index contributed by atoms with van der Waals surface area (Å²) in [5.41, 5.74) is 6.98. The van der Waals surface area contributed by atoms with Crippen molar-refractivity contribution in [3.05, 3.63) is 35.4 Å². The number of carbonyl (C=O) groups excluding carboxylic acids is 1. The van der Waals surface area contributed by atoms with Crippen molar-refractivity contribution < 1.29 is 4.79 Å². The van der Waals surface area contributed by atoms with E-state index in [0.717, 1.165) is 17.5 Å². The maximum atomic E-state index is 12.0. The molecule has 0 bridgehead atoms. The standard InChI is InChI=1S/C16H22N2O/c1-4-16(2,3)15(19)18-12-14-9-6-5-8-13(14)10-7-11-17/h5-6,8-9H,4,11-12,17H2,1-3H3,(H,18,19). The number of hydrogen-bond acceptors (Lipinski definition) is 2. The number of nitrogens with one attached hydrogen (secondary N) is 1. The smallest absolute Gasteiger partial charge is 0.225 e. The van der Waals surface area contributed by atoms with Gasteiger partial charge in [0.15, 0.2) is 0 Å². The van der Waals surface area contributed by atoms with Crippen LogP contribution in [0.2, 0.25) is 0 Å². The van der Waals surface area contributed by atoms with E-state index < -0.39 is 0 Å². The van der Waals surface area contributed by atoms with Crippen molar-refractivity contribution in [2.45, 2.75) is 33.7 Å². The summed E-state index contributed by atoms with van der Waals surface area (Å²) in [4.78, 5) is 12.0. The Morgan fingerprint density at radius 3 is 2.68 bits per heavy atom. The van der Waals surface area contributed by atoms with Gasteiger partial charge >= 0.3 is 0 Å². The quantitative estimate of drug-likeness (QED) is 0.812. The van der Waals surface area contributed by atoms with Gasteiger partial charge in [0.2, 0.25) is 5.91 Å². The Morgan fingerprint density at radius 2 is 2.05 bits per heavy atom. The third-order valence-electron chi connectivity index (χ3n) is 3.28. The van der Waals surface area contributed by atoms with Crippen LogP contribution in [0.5, 0.6) is 0 Å². The minimum atomic E-state index is -0.335. The molecule has 0 saturated heterocycles. The molecule has 1 aromatic rings. The topological polar surface area (TPSA) is 55.1 Å². The van der Waals surface area contributed by atoms with Crippen molar-refractivity contribution in [3.63, 3.8) is 0 Å². The maximum absolute atomic E-state index is 12.0. The molecule has 0 aliphatic rings. The molecule has 0 aromatic heterocycles. The monoisotopic (exact) mass is 258 g/mol. The van der Waals surface area contributed by atoms with Gasteiger partial charge in [-0.15, -0.1) is 0 Å². The summed E-state index contributed by atoms with van der Waals surface area (Å²) in [5, 5.41) is 2.97. The van der Waals surface area contributed by atoms with Crippen LogP contribution in [0.15, 0.2) is 24.3 Å². The molecule has 19 heavy (non-hydrogen) atoms. The second-order valence-corrected chi connectivity index (χ2v) is 5.08.